The van der Waals surface area contributed by atoms with E-state index in [2.05, 4.69) is 5.32 Å². The van der Waals surface area contributed by atoms with E-state index in [0.29, 0.717) is 13.1 Å². The molecular formula is C22H25ClN2O2. The highest BCUT2D eigenvalue weighted by atomic mass is 35.5. The number of piperidine rings is 1. The largest absolute Gasteiger partial charge is 0.352 e. The molecule has 0 spiro atoms. The molecule has 0 radical (unpaired) electrons. The van der Waals surface area contributed by atoms with Gasteiger partial charge in [0.2, 0.25) is 11.8 Å². The van der Waals surface area contributed by atoms with Crippen molar-refractivity contribution in [2.75, 3.05) is 13.1 Å². The molecule has 1 atom stereocenters. The molecule has 4 nitrogen and oxygen atoms in total. The Morgan fingerprint density at radius 2 is 1.44 bits per heavy atom. The van der Waals surface area contributed by atoms with Crippen molar-refractivity contribution in [3.8, 4) is 0 Å². The molecule has 142 valence electrons. The minimum atomic E-state index is -0.503. The quantitative estimate of drug-likeness (QED) is 0.801. The number of alkyl halides is 1. The van der Waals surface area contributed by atoms with E-state index in [-0.39, 0.29) is 23.8 Å². The molecule has 0 aromatic heterocycles. The van der Waals surface area contributed by atoms with Crippen LogP contribution in [0.1, 0.15) is 36.8 Å². The Balaban J connectivity index is 1.69. The molecule has 1 N–H and O–H groups in total. The second-order valence-electron chi connectivity index (χ2n) is 6.98. The molecular weight excluding hydrogens is 360 g/mol. The number of amides is 2. The zero-order chi connectivity index (χ0) is 19.2. The van der Waals surface area contributed by atoms with Gasteiger partial charge >= 0.3 is 0 Å². The molecule has 0 bridgehead atoms. The lowest BCUT2D eigenvalue weighted by molar-refractivity contribution is -0.131. The predicted octanol–water partition coefficient (Wildman–Crippen LogP) is 3.55. The summed E-state index contributed by atoms with van der Waals surface area (Å²) in [6.45, 7) is 2.95. The van der Waals surface area contributed by atoms with Gasteiger partial charge in [0.05, 0.1) is 5.92 Å². The number of rotatable bonds is 5. The number of carbonyl (C=O) groups is 2. The van der Waals surface area contributed by atoms with Crippen LogP contribution in [0.2, 0.25) is 0 Å². The number of hydrogen-bond acceptors (Lipinski definition) is 2. The van der Waals surface area contributed by atoms with Gasteiger partial charge in [0.15, 0.2) is 0 Å². The van der Waals surface area contributed by atoms with Crippen LogP contribution in [0.4, 0.5) is 0 Å². The lowest BCUT2D eigenvalue weighted by Crippen LogP contribution is -2.48. The topological polar surface area (TPSA) is 49.4 Å². The average molecular weight is 385 g/mol. The summed E-state index contributed by atoms with van der Waals surface area (Å²) in [6.07, 6.45) is 1.49. The molecule has 1 aliphatic rings. The highest BCUT2D eigenvalue weighted by molar-refractivity contribution is 6.30. The SMILES string of the molecule is CC(Cl)C(=O)N1CCC(NC(=O)C(c2ccccc2)c2ccccc2)CC1. The van der Waals surface area contributed by atoms with E-state index in [0.717, 1.165) is 24.0 Å². The Morgan fingerprint density at radius 1 is 0.963 bits per heavy atom. The summed E-state index contributed by atoms with van der Waals surface area (Å²) in [5, 5.41) is 2.69. The van der Waals surface area contributed by atoms with E-state index >= 15 is 0 Å². The van der Waals surface area contributed by atoms with Crippen LogP contribution < -0.4 is 5.32 Å². The Kier molecular flexibility index (Phi) is 6.51. The molecule has 27 heavy (non-hydrogen) atoms. The van der Waals surface area contributed by atoms with Crippen LogP contribution in [0.15, 0.2) is 60.7 Å². The minimum Gasteiger partial charge on any atom is -0.352 e. The van der Waals surface area contributed by atoms with Gasteiger partial charge in [-0.05, 0) is 30.9 Å². The Labute approximate surface area is 165 Å². The third-order valence-corrected chi connectivity index (χ3v) is 5.21. The van der Waals surface area contributed by atoms with Gasteiger partial charge in [-0.15, -0.1) is 11.6 Å². The third-order valence-electron chi connectivity index (χ3n) is 5.02. The number of nitrogens with one attached hydrogen (secondary N) is 1. The molecule has 1 saturated heterocycles. The third kappa shape index (κ3) is 4.89. The zero-order valence-corrected chi connectivity index (χ0v) is 16.2. The number of halogens is 1. The molecule has 1 fully saturated rings. The molecule has 0 saturated carbocycles. The first-order valence-electron chi connectivity index (χ1n) is 9.39. The normalized spacial score (nSPS) is 16.2. The van der Waals surface area contributed by atoms with Crippen LogP contribution in [0, 0.1) is 0 Å². The van der Waals surface area contributed by atoms with Gasteiger partial charge in [-0.25, -0.2) is 0 Å². The number of likely N-dealkylation sites (tertiary alicyclic amines) is 1. The van der Waals surface area contributed by atoms with E-state index in [1.807, 2.05) is 60.7 Å². The van der Waals surface area contributed by atoms with Crippen molar-refractivity contribution < 1.29 is 9.59 Å². The summed E-state index contributed by atoms with van der Waals surface area (Å²) in [4.78, 5) is 26.9. The van der Waals surface area contributed by atoms with Gasteiger partial charge in [0, 0.05) is 19.1 Å². The fraction of sp³-hybridized carbons (Fsp3) is 0.364. The lowest BCUT2D eigenvalue weighted by atomic mass is 9.90. The van der Waals surface area contributed by atoms with Crippen LogP contribution in [-0.4, -0.2) is 41.2 Å². The van der Waals surface area contributed by atoms with E-state index in [4.69, 9.17) is 11.6 Å². The van der Waals surface area contributed by atoms with Crippen molar-refractivity contribution in [2.24, 2.45) is 0 Å². The molecule has 2 amide bonds. The van der Waals surface area contributed by atoms with Crippen LogP contribution in [-0.2, 0) is 9.59 Å². The van der Waals surface area contributed by atoms with Crippen molar-refractivity contribution >= 4 is 23.4 Å². The Bertz CT molecular complexity index is 717. The average Bonchev–Trinajstić information content (AvgIpc) is 2.70. The second-order valence-corrected chi connectivity index (χ2v) is 7.63. The van der Waals surface area contributed by atoms with Gasteiger partial charge < -0.3 is 10.2 Å². The number of hydrogen-bond donors (Lipinski definition) is 1. The summed E-state index contributed by atoms with van der Waals surface area (Å²) >= 11 is 5.90. The van der Waals surface area contributed by atoms with Gasteiger partial charge in [0.25, 0.3) is 0 Å². The number of benzene rings is 2. The summed E-state index contributed by atoms with van der Waals surface area (Å²) in [6, 6.07) is 19.7. The maximum atomic E-state index is 13.1. The number of nitrogens with zero attached hydrogens (tertiary/aromatic N) is 1. The van der Waals surface area contributed by atoms with Gasteiger partial charge in [-0.2, -0.15) is 0 Å². The smallest absolute Gasteiger partial charge is 0.240 e. The van der Waals surface area contributed by atoms with Crippen LogP contribution in [0.5, 0.6) is 0 Å². The lowest BCUT2D eigenvalue weighted by Gasteiger charge is -2.33. The molecule has 0 aliphatic carbocycles. The monoisotopic (exact) mass is 384 g/mol. The molecule has 1 unspecified atom stereocenters. The summed E-state index contributed by atoms with van der Waals surface area (Å²) < 4.78 is 0. The zero-order valence-electron chi connectivity index (χ0n) is 15.5. The van der Waals surface area contributed by atoms with E-state index in [1.165, 1.54) is 0 Å². The highest BCUT2D eigenvalue weighted by Crippen LogP contribution is 2.25. The highest BCUT2D eigenvalue weighted by Gasteiger charge is 2.29. The summed E-state index contributed by atoms with van der Waals surface area (Å²) in [5.41, 5.74) is 1.95. The summed E-state index contributed by atoms with van der Waals surface area (Å²) in [5.74, 6) is -0.370. The Morgan fingerprint density at radius 3 is 1.89 bits per heavy atom. The van der Waals surface area contributed by atoms with Gasteiger partial charge in [-0.1, -0.05) is 60.7 Å². The fourth-order valence-corrected chi connectivity index (χ4v) is 3.70. The molecule has 5 heteroatoms. The first-order valence-corrected chi connectivity index (χ1v) is 9.83. The van der Waals surface area contributed by atoms with Crippen LogP contribution in [0.25, 0.3) is 0 Å². The molecule has 1 heterocycles. The number of carbonyl (C=O) groups excluding carboxylic acids is 2. The fourth-order valence-electron chi connectivity index (χ4n) is 3.57. The maximum Gasteiger partial charge on any atom is 0.240 e. The van der Waals surface area contributed by atoms with E-state index in [9.17, 15) is 9.59 Å². The summed E-state index contributed by atoms with van der Waals surface area (Å²) in [7, 11) is 0. The van der Waals surface area contributed by atoms with Crippen LogP contribution in [0.3, 0.4) is 0 Å². The Hall–Kier alpha value is -2.33. The van der Waals surface area contributed by atoms with Gasteiger partial charge in [0.1, 0.15) is 5.38 Å². The first-order chi connectivity index (χ1) is 13.1. The van der Waals surface area contributed by atoms with Crippen molar-refractivity contribution in [3.05, 3.63) is 71.8 Å². The van der Waals surface area contributed by atoms with Crippen molar-refractivity contribution in [1.82, 2.24) is 10.2 Å². The molecule has 1 aliphatic heterocycles. The van der Waals surface area contributed by atoms with Gasteiger partial charge in [-0.3, -0.25) is 9.59 Å². The molecule has 3 rings (SSSR count). The maximum absolute atomic E-state index is 13.1. The van der Waals surface area contributed by atoms with Crippen molar-refractivity contribution in [3.63, 3.8) is 0 Å². The standard InChI is InChI=1S/C22H25ClN2O2/c1-16(23)22(27)25-14-12-19(13-15-25)24-21(26)20(17-8-4-2-5-9-17)18-10-6-3-7-11-18/h2-11,16,19-20H,12-15H2,1H3,(H,24,26). The molecule has 2 aromatic rings. The van der Waals surface area contributed by atoms with Crippen molar-refractivity contribution in [1.29, 1.82) is 0 Å². The molecule has 2 aromatic carbocycles. The predicted molar refractivity (Wildman–Crippen MR) is 108 cm³/mol. The van der Waals surface area contributed by atoms with Crippen LogP contribution >= 0.6 is 11.6 Å². The second kappa shape index (κ2) is 9.05. The van der Waals surface area contributed by atoms with E-state index in [1.54, 1.807) is 11.8 Å². The van der Waals surface area contributed by atoms with E-state index < -0.39 is 5.38 Å². The minimum absolute atomic E-state index is 0.00267. The van der Waals surface area contributed by atoms with Crippen molar-refractivity contribution in [2.45, 2.75) is 37.1 Å². The first kappa shape index (κ1) is 19.4.